The van der Waals surface area contributed by atoms with Crippen LogP contribution in [0.15, 0.2) is 10.7 Å². The molecular formula is C11H14BrNO. The van der Waals surface area contributed by atoms with Gasteiger partial charge in [-0.15, -0.1) is 0 Å². The molecule has 1 N–H and O–H groups in total. The second-order valence-corrected chi connectivity index (χ2v) is 4.74. The number of hydrogen-bond donors (Lipinski definition) is 1. The third-order valence-corrected chi connectivity index (χ3v) is 3.87. The minimum Gasteiger partial charge on any atom is -0.384 e. The summed E-state index contributed by atoms with van der Waals surface area (Å²) < 4.78 is 0.852. The van der Waals surface area contributed by atoms with Crippen LogP contribution >= 0.6 is 15.9 Å². The van der Waals surface area contributed by atoms with Gasteiger partial charge in [-0.2, -0.15) is 0 Å². The van der Waals surface area contributed by atoms with Crippen LogP contribution in [0.3, 0.4) is 0 Å². The monoisotopic (exact) mass is 255 g/mol. The standard InChI is InChI=1S/C11H14BrNO/c1-3-11(14)5-4-8-6-7(2)10(12)13-9(8)11/h6,14H,3-5H2,1-2H3. The lowest BCUT2D eigenvalue weighted by molar-refractivity contribution is 0.0305. The molecule has 2 rings (SSSR count). The van der Waals surface area contributed by atoms with Crippen LogP contribution in [0.1, 0.15) is 36.6 Å². The molecule has 0 radical (unpaired) electrons. The van der Waals surface area contributed by atoms with E-state index in [-0.39, 0.29) is 0 Å². The van der Waals surface area contributed by atoms with Crippen LogP contribution in [0, 0.1) is 6.92 Å². The van der Waals surface area contributed by atoms with Gasteiger partial charge in [-0.1, -0.05) is 13.0 Å². The van der Waals surface area contributed by atoms with E-state index in [1.165, 1.54) is 5.56 Å². The third kappa shape index (κ3) is 1.39. The largest absolute Gasteiger partial charge is 0.384 e. The highest BCUT2D eigenvalue weighted by Crippen LogP contribution is 2.39. The molecule has 1 aromatic rings. The van der Waals surface area contributed by atoms with Gasteiger partial charge in [0.1, 0.15) is 10.2 Å². The zero-order valence-electron chi connectivity index (χ0n) is 8.47. The minimum absolute atomic E-state index is 0.689. The molecule has 1 unspecified atom stereocenters. The summed E-state index contributed by atoms with van der Waals surface area (Å²) in [6.07, 6.45) is 2.49. The molecule has 1 aromatic heterocycles. The summed E-state index contributed by atoms with van der Waals surface area (Å²) in [6.45, 7) is 4.03. The van der Waals surface area contributed by atoms with Gasteiger partial charge in [0.15, 0.2) is 0 Å². The number of rotatable bonds is 1. The van der Waals surface area contributed by atoms with Crippen molar-refractivity contribution in [2.24, 2.45) is 0 Å². The maximum atomic E-state index is 10.3. The molecule has 0 saturated carbocycles. The fourth-order valence-corrected chi connectivity index (χ4v) is 2.34. The van der Waals surface area contributed by atoms with E-state index < -0.39 is 5.60 Å². The van der Waals surface area contributed by atoms with Gasteiger partial charge in [0.2, 0.25) is 0 Å². The fourth-order valence-electron chi connectivity index (χ4n) is 2.04. The van der Waals surface area contributed by atoms with Gasteiger partial charge in [-0.25, -0.2) is 4.98 Å². The average Bonchev–Trinajstić information content (AvgIpc) is 2.47. The van der Waals surface area contributed by atoms with Crippen LogP contribution in [0.25, 0.3) is 0 Å². The maximum absolute atomic E-state index is 10.3. The molecule has 0 amide bonds. The van der Waals surface area contributed by atoms with Crippen molar-refractivity contribution in [3.05, 3.63) is 27.5 Å². The van der Waals surface area contributed by atoms with E-state index >= 15 is 0 Å². The topological polar surface area (TPSA) is 33.1 Å². The summed E-state index contributed by atoms with van der Waals surface area (Å²) >= 11 is 3.41. The summed E-state index contributed by atoms with van der Waals surface area (Å²) in [5.74, 6) is 0. The van der Waals surface area contributed by atoms with Crippen molar-refractivity contribution < 1.29 is 5.11 Å². The van der Waals surface area contributed by atoms with E-state index in [9.17, 15) is 5.11 Å². The van der Waals surface area contributed by atoms with Crippen molar-refractivity contribution in [2.45, 2.75) is 38.7 Å². The molecule has 0 fully saturated rings. The first-order valence-electron chi connectivity index (χ1n) is 4.95. The molecule has 0 aromatic carbocycles. The van der Waals surface area contributed by atoms with E-state index in [0.29, 0.717) is 0 Å². The molecule has 14 heavy (non-hydrogen) atoms. The van der Waals surface area contributed by atoms with Crippen LogP contribution < -0.4 is 0 Å². The fraction of sp³-hybridized carbons (Fsp3) is 0.545. The predicted octanol–water partition coefficient (Wildman–Crippen LogP) is 2.70. The molecule has 2 nitrogen and oxygen atoms in total. The van der Waals surface area contributed by atoms with Crippen molar-refractivity contribution in [1.82, 2.24) is 4.98 Å². The van der Waals surface area contributed by atoms with Crippen molar-refractivity contribution in [3.8, 4) is 0 Å². The molecule has 0 aliphatic heterocycles. The normalized spacial score (nSPS) is 25.1. The second kappa shape index (κ2) is 3.31. The van der Waals surface area contributed by atoms with Gasteiger partial charge in [-0.05, 0) is 53.2 Å². The van der Waals surface area contributed by atoms with Gasteiger partial charge in [0.25, 0.3) is 0 Å². The lowest BCUT2D eigenvalue weighted by Crippen LogP contribution is -2.22. The Bertz CT molecular complexity index is 378. The first kappa shape index (κ1) is 10.1. The van der Waals surface area contributed by atoms with Crippen molar-refractivity contribution >= 4 is 15.9 Å². The summed E-state index contributed by atoms with van der Waals surface area (Å²) in [7, 11) is 0. The third-order valence-electron chi connectivity index (χ3n) is 3.06. The maximum Gasteiger partial charge on any atom is 0.109 e. The highest BCUT2D eigenvalue weighted by Gasteiger charge is 2.36. The van der Waals surface area contributed by atoms with Crippen LogP contribution in [0.4, 0.5) is 0 Å². The Balaban J connectivity index is 2.56. The van der Waals surface area contributed by atoms with E-state index in [0.717, 1.165) is 35.1 Å². The van der Waals surface area contributed by atoms with E-state index in [2.05, 4.69) is 27.0 Å². The SMILES string of the molecule is CCC1(O)CCc2cc(C)c(Br)nc21. The van der Waals surface area contributed by atoms with E-state index in [1.54, 1.807) is 0 Å². The van der Waals surface area contributed by atoms with Crippen LogP contribution in [0.5, 0.6) is 0 Å². The zero-order valence-corrected chi connectivity index (χ0v) is 10.1. The molecule has 3 heteroatoms. The smallest absolute Gasteiger partial charge is 0.109 e. The second-order valence-electron chi connectivity index (χ2n) is 3.99. The Kier molecular flexibility index (Phi) is 2.40. The van der Waals surface area contributed by atoms with Gasteiger partial charge in [0, 0.05) is 0 Å². The van der Waals surface area contributed by atoms with Gasteiger partial charge in [-0.3, -0.25) is 0 Å². The number of pyridine rings is 1. The Labute approximate surface area is 92.5 Å². The number of nitrogens with zero attached hydrogens (tertiary/aromatic N) is 1. The molecule has 0 saturated heterocycles. The molecular weight excluding hydrogens is 242 g/mol. The van der Waals surface area contributed by atoms with Gasteiger partial charge >= 0.3 is 0 Å². The van der Waals surface area contributed by atoms with Crippen LogP contribution in [-0.4, -0.2) is 10.1 Å². The Hall–Kier alpha value is -0.410. The van der Waals surface area contributed by atoms with Crippen LogP contribution in [0.2, 0.25) is 0 Å². The van der Waals surface area contributed by atoms with Crippen molar-refractivity contribution in [3.63, 3.8) is 0 Å². The molecule has 0 bridgehead atoms. The molecule has 1 aliphatic rings. The van der Waals surface area contributed by atoms with Crippen molar-refractivity contribution in [1.29, 1.82) is 0 Å². The Morgan fingerprint density at radius 2 is 2.36 bits per heavy atom. The summed E-state index contributed by atoms with van der Waals surface area (Å²) in [6, 6.07) is 2.13. The summed E-state index contributed by atoms with van der Waals surface area (Å²) in [4.78, 5) is 4.44. The molecule has 1 atom stereocenters. The van der Waals surface area contributed by atoms with E-state index in [4.69, 9.17) is 0 Å². The number of aromatic nitrogens is 1. The quantitative estimate of drug-likeness (QED) is 0.783. The highest BCUT2D eigenvalue weighted by atomic mass is 79.9. The lowest BCUT2D eigenvalue weighted by Gasteiger charge is -2.20. The van der Waals surface area contributed by atoms with Gasteiger partial charge in [0.05, 0.1) is 5.69 Å². The van der Waals surface area contributed by atoms with Gasteiger partial charge < -0.3 is 5.11 Å². The minimum atomic E-state index is -0.689. The number of aryl methyl sites for hydroxylation is 2. The van der Waals surface area contributed by atoms with Crippen LogP contribution in [-0.2, 0) is 12.0 Å². The molecule has 76 valence electrons. The zero-order chi connectivity index (χ0) is 10.3. The number of halogens is 1. The first-order valence-corrected chi connectivity index (χ1v) is 5.75. The Morgan fingerprint density at radius 3 is 3.00 bits per heavy atom. The summed E-state index contributed by atoms with van der Waals surface area (Å²) in [5.41, 5.74) is 2.53. The number of fused-ring (bicyclic) bond motifs is 1. The average molecular weight is 256 g/mol. The molecule has 1 aliphatic carbocycles. The summed E-state index contributed by atoms with van der Waals surface area (Å²) in [5, 5.41) is 10.3. The Morgan fingerprint density at radius 1 is 1.64 bits per heavy atom. The first-order chi connectivity index (χ1) is 6.57. The van der Waals surface area contributed by atoms with Crippen molar-refractivity contribution in [2.75, 3.05) is 0 Å². The number of hydrogen-bond acceptors (Lipinski definition) is 2. The number of aliphatic hydroxyl groups is 1. The lowest BCUT2D eigenvalue weighted by atomic mass is 9.98. The highest BCUT2D eigenvalue weighted by molar-refractivity contribution is 9.10. The molecule has 1 heterocycles. The van der Waals surface area contributed by atoms with E-state index in [1.807, 2.05) is 13.8 Å². The predicted molar refractivity (Wildman–Crippen MR) is 59.2 cm³/mol. The molecule has 0 spiro atoms.